The van der Waals surface area contributed by atoms with Crippen molar-refractivity contribution in [1.29, 1.82) is 0 Å². The van der Waals surface area contributed by atoms with Crippen LogP contribution in [-0.4, -0.2) is 0 Å². The molecule has 0 radical (unpaired) electrons. The quantitative estimate of drug-likeness (QED) is 0.0800. The highest BCUT2D eigenvalue weighted by Crippen LogP contribution is 2.79. The summed E-state index contributed by atoms with van der Waals surface area (Å²) in [6.07, 6.45) is 10.1. The molecule has 1 aliphatic rings. The second-order valence-electron chi connectivity index (χ2n) is 12.8. The summed E-state index contributed by atoms with van der Waals surface area (Å²) >= 11 is 0. The molecule has 7 rings (SSSR count). The van der Waals surface area contributed by atoms with E-state index in [1.165, 1.54) is 0 Å². The second kappa shape index (κ2) is 18.4. The Hall–Kier alpha value is -6.75. The van der Waals surface area contributed by atoms with Gasteiger partial charge in [-0.15, -0.1) is 0 Å². The summed E-state index contributed by atoms with van der Waals surface area (Å²) in [7, 11) is -12.7. The van der Waals surface area contributed by atoms with Crippen molar-refractivity contribution in [2.24, 2.45) is 13.5 Å². The SMILES string of the molecule is C=Cc1ccc(OP2(Oc3ccccc3C=C)=NP(Oc3ccccc3C=C)(Oc3ccccc3C=C)=NP(Oc3ccccc3C=C)(Oc3ccccc3C=C)=N2)cc1. The monoisotopic (exact) mass is 849 g/mol. The Kier molecular flexibility index (Phi) is 12.7. The van der Waals surface area contributed by atoms with E-state index in [1.807, 2.05) is 103 Å². The molecule has 300 valence electrons. The van der Waals surface area contributed by atoms with Crippen molar-refractivity contribution < 1.29 is 27.1 Å². The average molecular weight is 850 g/mol. The maximum atomic E-state index is 7.09. The van der Waals surface area contributed by atoms with Crippen molar-refractivity contribution in [3.8, 4) is 34.5 Å². The minimum atomic E-state index is -4.23. The normalized spacial score (nSPS) is 15.8. The van der Waals surface area contributed by atoms with Crippen LogP contribution in [0.5, 0.6) is 34.5 Å². The van der Waals surface area contributed by atoms with Gasteiger partial charge in [0.1, 0.15) is 34.5 Å². The summed E-state index contributed by atoms with van der Waals surface area (Å²) in [5.41, 5.74) is 4.10. The fraction of sp³-hybridized carbons (Fsp3) is 0. The summed E-state index contributed by atoms with van der Waals surface area (Å²) in [4.78, 5) is 0. The van der Waals surface area contributed by atoms with Crippen molar-refractivity contribution >= 4 is 59.4 Å². The highest BCUT2D eigenvalue weighted by Gasteiger charge is 2.49. The third-order valence-electron chi connectivity index (χ3n) is 8.80. The van der Waals surface area contributed by atoms with Gasteiger partial charge in [-0.2, -0.15) is 0 Å². The maximum Gasteiger partial charge on any atom is 0.460 e. The Balaban J connectivity index is 1.66. The zero-order chi connectivity index (χ0) is 42.0. The van der Waals surface area contributed by atoms with E-state index in [1.54, 1.807) is 78.9 Å². The molecule has 0 aromatic heterocycles. The number of benzene rings is 6. The van der Waals surface area contributed by atoms with Crippen molar-refractivity contribution in [3.63, 3.8) is 0 Å². The predicted molar refractivity (Wildman–Crippen MR) is 251 cm³/mol. The third kappa shape index (κ3) is 9.25. The van der Waals surface area contributed by atoms with Crippen LogP contribution in [0.4, 0.5) is 0 Å². The Morgan fingerprint density at radius 1 is 0.300 bits per heavy atom. The molecule has 0 N–H and O–H groups in total. The summed E-state index contributed by atoms with van der Waals surface area (Å²) < 4.78 is 58.5. The lowest BCUT2D eigenvalue weighted by Gasteiger charge is -2.34. The first-order valence-electron chi connectivity index (χ1n) is 18.7. The fourth-order valence-electron chi connectivity index (χ4n) is 5.86. The maximum absolute atomic E-state index is 7.09. The Morgan fingerprint density at radius 3 is 0.800 bits per heavy atom. The average Bonchev–Trinajstić information content (AvgIpc) is 3.27. The Bertz CT molecular complexity index is 2570. The van der Waals surface area contributed by atoms with Gasteiger partial charge in [0.25, 0.3) is 0 Å². The van der Waals surface area contributed by atoms with Crippen LogP contribution in [0, 0.1) is 0 Å². The van der Waals surface area contributed by atoms with Crippen LogP contribution in [0.3, 0.4) is 0 Å². The Morgan fingerprint density at radius 2 is 0.550 bits per heavy atom. The van der Waals surface area contributed by atoms with Gasteiger partial charge in [0.2, 0.25) is 0 Å². The van der Waals surface area contributed by atoms with Gasteiger partial charge in [-0.25, -0.2) is 0 Å². The van der Waals surface area contributed by atoms with Crippen molar-refractivity contribution in [1.82, 2.24) is 0 Å². The van der Waals surface area contributed by atoms with Crippen LogP contribution in [0.15, 0.2) is 199 Å². The lowest BCUT2D eigenvalue weighted by atomic mass is 10.2. The molecule has 60 heavy (non-hydrogen) atoms. The lowest BCUT2D eigenvalue weighted by molar-refractivity contribution is 0.442. The molecule has 1 aliphatic heterocycles. The molecule has 1 heterocycles. The number of rotatable bonds is 18. The smallest absolute Gasteiger partial charge is 0.413 e. The zero-order valence-electron chi connectivity index (χ0n) is 32.7. The molecule has 0 aliphatic carbocycles. The van der Waals surface area contributed by atoms with E-state index in [0.29, 0.717) is 62.3 Å². The standard InChI is InChI=1S/C48H42N3O6P3/c1-7-37-33-35-43(36-34-37)52-58(53-44-28-18-13-23-38(44)8-2)49-59(54-45-29-19-14-24-39(45)9-3,55-46-30-20-15-25-40(46)10-4)51-60(50-58,56-47-31-21-16-26-41(47)11-5)57-48-32-22-17-27-42(48)12-6/h7-36H,1-6H2. The van der Waals surface area contributed by atoms with E-state index >= 15 is 0 Å². The minimum absolute atomic E-state index is 0.363. The first-order chi connectivity index (χ1) is 29.3. The van der Waals surface area contributed by atoms with Gasteiger partial charge in [-0.1, -0.05) is 193 Å². The molecule has 0 amide bonds. The predicted octanol–water partition coefficient (Wildman–Crippen LogP) is 16.2. The van der Waals surface area contributed by atoms with Gasteiger partial charge in [-0.05, 0) is 48.0 Å². The van der Waals surface area contributed by atoms with Gasteiger partial charge < -0.3 is 27.1 Å². The third-order valence-corrected chi connectivity index (χ3v) is 16.8. The molecule has 1 atom stereocenters. The number of hydrogen-bond acceptors (Lipinski definition) is 9. The highest BCUT2D eigenvalue weighted by molar-refractivity contribution is 7.79. The Labute approximate surface area is 351 Å². The van der Waals surface area contributed by atoms with E-state index in [4.69, 9.17) is 40.7 Å². The van der Waals surface area contributed by atoms with Gasteiger partial charge in [-0.3, -0.25) is 0 Å². The fourth-order valence-corrected chi connectivity index (χ4v) is 15.1. The molecule has 0 saturated carbocycles. The number of hydrogen-bond donors (Lipinski definition) is 0. The number of nitrogens with zero attached hydrogens (tertiary/aromatic N) is 3. The molecule has 9 nitrogen and oxygen atoms in total. The second-order valence-corrected chi connectivity index (χ2v) is 19.0. The van der Waals surface area contributed by atoms with Gasteiger partial charge in [0.15, 0.2) is 0 Å². The van der Waals surface area contributed by atoms with E-state index in [-0.39, 0.29) is 0 Å². The van der Waals surface area contributed by atoms with E-state index in [2.05, 4.69) is 39.5 Å². The van der Waals surface area contributed by atoms with Crippen molar-refractivity contribution in [2.75, 3.05) is 0 Å². The zero-order valence-corrected chi connectivity index (χ0v) is 35.4. The van der Waals surface area contributed by atoms with Gasteiger partial charge in [0.05, 0.1) is 0 Å². The van der Waals surface area contributed by atoms with E-state index in [9.17, 15) is 0 Å². The summed E-state index contributed by atoms with van der Waals surface area (Å²) in [6.45, 7) is 24.2. The molecule has 0 spiro atoms. The minimum Gasteiger partial charge on any atom is -0.413 e. The molecular formula is C48H42N3O6P3. The van der Waals surface area contributed by atoms with Crippen molar-refractivity contribution in [3.05, 3.63) is 218 Å². The molecule has 1 unspecified atom stereocenters. The van der Waals surface area contributed by atoms with Crippen LogP contribution < -0.4 is 27.1 Å². The van der Waals surface area contributed by atoms with Crippen LogP contribution in [-0.2, 0) is 0 Å². The summed E-state index contributed by atoms with van der Waals surface area (Å²) in [6, 6.07) is 44.0. The van der Waals surface area contributed by atoms with Crippen molar-refractivity contribution in [2.45, 2.75) is 0 Å². The molecule has 6 aromatic rings. The summed E-state index contributed by atoms with van der Waals surface area (Å²) in [5.74, 6) is 2.19. The molecule has 0 fully saturated rings. The topological polar surface area (TPSA) is 92.5 Å². The summed E-state index contributed by atoms with van der Waals surface area (Å²) in [5, 5.41) is 0. The molecule has 0 bridgehead atoms. The molecular weight excluding hydrogens is 807 g/mol. The number of para-hydroxylation sites is 5. The lowest BCUT2D eigenvalue weighted by Crippen LogP contribution is -2.12. The van der Waals surface area contributed by atoms with Crippen LogP contribution in [0.25, 0.3) is 36.5 Å². The molecule has 12 heteroatoms. The van der Waals surface area contributed by atoms with E-state index < -0.39 is 23.0 Å². The molecule has 6 aromatic carbocycles. The van der Waals surface area contributed by atoms with Gasteiger partial charge >= 0.3 is 23.0 Å². The van der Waals surface area contributed by atoms with Gasteiger partial charge in [0, 0.05) is 27.8 Å². The van der Waals surface area contributed by atoms with Crippen LogP contribution >= 0.6 is 23.0 Å². The van der Waals surface area contributed by atoms with E-state index in [0.717, 1.165) is 5.56 Å². The first-order valence-corrected chi connectivity index (χ1v) is 23.3. The molecule has 0 saturated heterocycles. The first kappa shape index (κ1) is 41.4. The van der Waals surface area contributed by atoms with Crippen LogP contribution in [0.2, 0.25) is 0 Å². The largest absolute Gasteiger partial charge is 0.460 e. The van der Waals surface area contributed by atoms with Crippen LogP contribution in [0.1, 0.15) is 33.4 Å². The highest BCUT2D eigenvalue weighted by atomic mass is 31.3.